The van der Waals surface area contributed by atoms with Gasteiger partial charge < -0.3 is 9.80 Å². The second-order valence-electron chi connectivity index (χ2n) is 8.32. The third-order valence-electron chi connectivity index (χ3n) is 6.32. The molecule has 0 atom stereocenters. The summed E-state index contributed by atoms with van der Waals surface area (Å²) >= 11 is 0. The summed E-state index contributed by atoms with van der Waals surface area (Å²) in [5.41, 5.74) is 1.86. The lowest BCUT2D eigenvalue weighted by molar-refractivity contribution is 0.547. The highest BCUT2D eigenvalue weighted by molar-refractivity contribution is 5.54. The molecule has 0 radical (unpaired) electrons. The van der Waals surface area contributed by atoms with E-state index < -0.39 is 0 Å². The van der Waals surface area contributed by atoms with Crippen LogP contribution in [0.3, 0.4) is 0 Å². The van der Waals surface area contributed by atoms with Crippen molar-refractivity contribution in [3.05, 3.63) is 56.2 Å². The molecule has 7 heteroatoms. The lowest BCUT2D eigenvalue weighted by Crippen LogP contribution is -2.43. The SMILES string of the molecule is Cn1c(=O)cc(N2CCCCC2)n(Cc2cc(N3CCCCC3)ccc2C#N)c1=O. The maximum absolute atomic E-state index is 13.0. The second-order valence-corrected chi connectivity index (χ2v) is 8.32. The fraction of sp³-hybridized carbons (Fsp3) is 0.522. The molecule has 3 heterocycles. The van der Waals surface area contributed by atoms with E-state index in [1.807, 2.05) is 18.2 Å². The Morgan fingerprint density at radius 2 is 1.53 bits per heavy atom. The number of rotatable bonds is 4. The van der Waals surface area contributed by atoms with Crippen molar-refractivity contribution in [1.82, 2.24) is 9.13 Å². The molecule has 7 nitrogen and oxygen atoms in total. The molecule has 1 aromatic heterocycles. The van der Waals surface area contributed by atoms with Crippen molar-refractivity contribution in [3.8, 4) is 6.07 Å². The van der Waals surface area contributed by atoms with Crippen molar-refractivity contribution >= 4 is 11.5 Å². The molecule has 4 rings (SSSR count). The van der Waals surface area contributed by atoms with Gasteiger partial charge in [-0.05, 0) is 62.3 Å². The Kier molecular flexibility index (Phi) is 5.93. The van der Waals surface area contributed by atoms with Gasteiger partial charge in [0.05, 0.1) is 18.2 Å². The predicted octanol–water partition coefficient (Wildman–Crippen LogP) is 2.45. The standard InChI is InChI=1S/C23H29N5O2/c1-25-22(29)15-21(27-12-6-3-7-13-27)28(23(25)30)17-19-14-20(9-8-18(19)16-24)26-10-4-2-5-11-26/h8-9,14-15H,2-7,10-13,17H2,1H3. The molecule has 0 N–H and O–H groups in total. The van der Waals surface area contributed by atoms with Crippen molar-refractivity contribution < 1.29 is 0 Å². The first-order chi connectivity index (χ1) is 14.6. The van der Waals surface area contributed by atoms with Gasteiger partial charge in [0.25, 0.3) is 5.56 Å². The van der Waals surface area contributed by atoms with E-state index in [9.17, 15) is 14.9 Å². The van der Waals surface area contributed by atoms with Gasteiger partial charge in [0.2, 0.25) is 0 Å². The molecule has 0 amide bonds. The minimum absolute atomic E-state index is 0.281. The van der Waals surface area contributed by atoms with Crippen LogP contribution in [-0.2, 0) is 13.6 Å². The quantitative estimate of drug-likeness (QED) is 0.778. The second kappa shape index (κ2) is 8.78. The van der Waals surface area contributed by atoms with Gasteiger partial charge in [0.15, 0.2) is 0 Å². The Hall–Kier alpha value is -3.01. The number of anilines is 2. The predicted molar refractivity (Wildman–Crippen MR) is 118 cm³/mol. The van der Waals surface area contributed by atoms with Gasteiger partial charge in [-0.3, -0.25) is 13.9 Å². The van der Waals surface area contributed by atoms with Crippen LogP contribution in [0, 0.1) is 11.3 Å². The largest absolute Gasteiger partial charge is 0.372 e. The summed E-state index contributed by atoms with van der Waals surface area (Å²) in [4.78, 5) is 29.9. The number of hydrogen-bond donors (Lipinski definition) is 0. The summed E-state index contributed by atoms with van der Waals surface area (Å²) in [6, 6.07) is 9.74. The first kappa shape index (κ1) is 20.3. The summed E-state index contributed by atoms with van der Waals surface area (Å²) in [7, 11) is 1.51. The highest BCUT2D eigenvalue weighted by Crippen LogP contribution is 2.25. The molecule has 2 fully saturated rings. The number of nitriles is 1. The van der Waals surface area contributed by atoms with E-state index in [4.69, 9.17) is 0 Å². The maximum Gasteiger partial charge on any atom is 0.332 e. The zero-order chi connectivity index (χ0) is 21.1. The summed E-state index contributed by atoms with van der Waals surface area (Å²) in [6.07, 6.45) is 6.88. The number of aromatic nitrogens is 2. The van der Waals surface area contributed by atoms with Crippen LogP contribution in [0.5, 0.6) is 0 Å². The van der Waals surface area contributed by atoms with Gasteiger partial charge in [-0.15, -0.1) is 0 Å². The molecule has 0 bridgehead atoms. The topological polar surface area (TPSA) is 74.3 Å². The Bertz CT molecular complexity index is 1070. The van der Waals surface area contributed by atoms with E-state index >= 15 is 0 Å². The van der Waals surface area contributed by atoms with Gasteiger partial charge in [-0.25, -0.2) is 4.79 Å². The van der Waals surface area contributed by atoms with Crippen LogP contribution in [0.1, 0.15) is 49.7 Å². The minimum Gasteiger partial charge on any atom is -0.372 e. The highest BCUT2D eigenvalue weighted by Gasteiger charge is 2.20. The lowest BCUT2D eigenvalue weighted by atomic mass is 10.0. The van der Waals surface area contributed by atoms with Gasteiger partial charge in [-0.2, -0.15) is 5.26 Å². The molecule has 2 aliphatic heterocycles. The molecule has 0 saturated carbocycles. The number of hydrogen-bond acceptors (Lipinski definition) is 5. The first-order valence-electron chi connectivity index (χ1n) is 10.9. The van der Waals surface area contributed by atoms with Crippen LogP contribution in [0.15, 0.2) is 33.9 Å². The summed E-state index contributed by atoms with van der Waals surface area (Å²) in [6.45, 7) is 3.99. The number of benzene rings is 1. The van der Waals surface area contributed by atoms with Gasteiger partial charge >= 0.3 is 5.69 Å². The van der Waals surface area contributed by atoms with E-state index in [1.165, 1.54) is 32.7 Å². The molecular formula is C23H29N5O2. The average molecular weight is 408 g/mol. The minimum atomic E-state index is -0.338. The third-order valence-corrected chi connectivity index (χ3v) is 6.32. The van der Waals surface area contributed by atoms with E-state index in [-0.39, 0.29) is 17.8 Å². The smallest absolute Gasteiger partial charge is 0.332 e. The fourth-order valence-corrected chi connectivity index (χ4v) is 4.53. The van der Waals surface area contributed by atoms with E-state index in [0.29, 0.717) is 11.4 Å². The van der Waals surface area contributed by atoms with E-state index in [2.05, 4.69) is 15.9 Å². The Morgan fingerprint density at radius 3 is 2.17 bits per heavy atom. The highest BCUT2D eigenvalue weighted by atomic mass is 16.2. The van der Waals surface area contributed by atoms with Crippen LogP contribution in [0.25, 0.3) is 0 Å². The van der Waals surface area contributed by atoms with Crippen molar-refractivity contribution in [2.75, 3.05) is 36.0 Å². The molecule has 0 aliphatic carbocycles. The molecule has 2 saturated heterocycles. The molecule has 0 unspecified atom stereocenters. The summed E-state index contributed by atoms with van der Waals surface area (Å²) < 4.78 is 2.80. The average Bonchev–Trinajstić information content (AvgIpc) is 2.80. The molecule has 30 heavy (non-hydrogen) atoms. The molecular weight excluding hydrogens is 378 g/mol. The Labute approximate surface area is 176 Å². The zero-order valence-electron chi connectivity index (χ0n) is 17.6. The molecule has 1 aromatic carbocycles. The molecule has 2 aromatic rings. The van der Waals surface area contributed by atoms with Crippen LogP contribution in [0.4, 0.5) is 11.5 Å². The van der Waals surface area contributed by atoms with Gasteiger partial charge in [0, 0.05) is 45.0 Å². The monoisotopic (exact) mass is 407 g/mol. The lowest BCUT2D eigenvalue weighted by Gasteiger charge is -2.31. The fourth-order valence-electron chi connectivity index (χ4n) is 4.53. The normalized spacial score (nSPS) is 17.1. The summed E-state index contributed by atoms with van der Waals surface area (Å²) in [5.74, 6) is 0.662. The molecule has 2 aliphatic rings. The molecule has 158 valence electrons. The van der Waals surface area contributed by atoms with Crippen LogP contribution < -0.4 is 21.0 Å². The zero-order valence-corrected chi connectivity index (χ0v) is 17.6. The number of piperidine rings is 2. The summed E-state index contributed by atoms with van der Waals surface area (Å²) in [5, 5.41) is 9.67. The number of nitrogens with zero attached hydrogens (tertiary/aromatic N) is 5. The van der Waals surface area contributed by atoms with E-state index in [1.54, 1.807) is 10.6 Å². The van der Waals surface area contributed by atoms with Gasteiger partial charge in [0.1, 0.15) is 5.82 Å². The van der Waals surface area contributed by atoms with Crippen molar-refractivity contribution in [1.29, 1.82) is 5.26 Å². The van der Waals surface area contributed by atoms with Crippen molar-refractivity contribution in [2.45, 2.75) is 45.1 Å². The molecule has 0 spiro atoms. The maximum atomic E-state index is 13.0. The third kappa shape index (κ3) is 4.00. The van der Waals surface area contributed by atoms with Crippen LogP contribution >= 0.6 is 0 Å². The van der Waals surface area contributed by atoms with Gasteiger partial charge in [-0.1, -0.05) is 0 Å². The Balaban J connectivity index is 1.76. The Morgan fingerprint density at radius 1 is 0.900 bits per heavy atom. The van der Waals surface area contributed by atoms with E-state index in [0.717, 1.165) is 54.8 Å². The van der Waals surface area contributed by atoms with Crippen LogP contribution in [-0.4, -0.2) is 35.3 Å². The van der Waals surface area contributed by atoms with Crippen molar-refractivity contribution in [2.24, 2.45) is 7.05 Å². The van der Waals surface area contributed by atoms with Crippen molar-refractivity contribution in [3.63, 3.8) is 0 Å². The van der Waals surface area contributed by atoms with Crippen LogP contribution in [0.2, 0.25) is 0 Å². The first-order valence-corrected chi connectivity index (χ1v) is 10.9.